The first-order valence-electron chi connectivity index (χ1n) is 13.1. The van der Waals surface area contributed by atoms with Crippen LogP contribution in [0.2, 0.25) is 0 Å². The molecular weight excluding hydrogens is 552 g/mol. The number of ketones is 2. The van der Waals surface area contributed by atoms with Crippen LogP contribution in [0, 0.1) is 11.8 Å². The minimum atomic E-state index is -2.99. The van der Waals surface area contributed by atoms with Crippen molar-refractivity contribution in [3.63, 3.8) is 0 Å². The first-order chi connectivity index (χ1) is 19.6. The predicted octanol–water partition coefficient (Wildman–Crippen LogP) is 0.143. The number of aliphatic hydroxyl groups excluding tert-OH is 1. The molecule has 13 heteroatoms. The van der Waals surface area contributed by atoms with E-state index in [1.165, 1.54) is 26.1 Å². The van der Waals surface area contributed by atoms with Crippen molar-refractivity contribution in [3.05, 3.63) is 52.0 Å². The van der Waals surface area contributed by atoms with Gasteiger partial charge in [-0.3, -0.25) is 39.0 Å². The molecule has 6 atom stereocenters. The van der Waals surface area contributed by atoms with E-state index in [-0.39, 0.29) is 16.9 Å². The SMILES string of the molecule is COc1cccc2c1C(=O)C1=C(OC(C)=O)[C@]3(O)C(=O)C(C(=O)NC(C)=O)=C(OC(C)=O)[C@@H](N(C)C)[C@@H]3[C@@H](O)[C@@H]1[C@H]2C. The Bertz CT molecular complexity index is 1490. The maximum Gasteiger partial charge on any atom is 0.307 e. The van der Waals surface area contributed by atoms with Crippen molar-refractivity contribution in [3.8, 4) is 5.75 Å². The lowest BCUT2D eigenvalue weighted by atomic mass is 9.55. The molecule has 4 rings (SSSR count). The van der Waals surface area contributed by atoms with E-state index in [4.69, 9.17) is 14.2 Å². The van der Waals surface area contributed by atoms with E-state index in [0.717, 1.165) is 20.8 Å². The van der Waals surface area contributed by atoms with Gasteiger partial charge in [-0.05, 0) is 31.6 Å². The number of hydrogen-bond donors (Lipinski definition) is 3. The van der Waals surface area contributed by atoms with Crippen molar-refractivity contribution in [1.82, 2.24) is 10.2 Å². The topological polar surface area (TPSA) is 186 Å². The molecule has 0 fully saturated rings. The molecule has 0 aliphatic heterocycles. The summed E-state index contributed by atoms with van der Waals surface area (Å²) in [6.45, 7) is 4.75. The molecule has 0 aromatic heterocycles. The zero-order chi connectivity index (χ0) is 31.4. The summed E-state index contributed by atoms with van der Waals surface area (Å²) in [5, 5.41) is 26.3. The van der Waals surface area contributed by atoms with Crippen LogP contribution >= 0.6 is 0 Å². The van der Waals surface area contributed by atoms with Gasteiger partial charge in [0.1, 0.15) is 17.1 Å². The third-order valence-corrected chi connectivity index (χ3v) is 7.92. The number of Topliss-reactive ketones (excluding diaryl/α,β-unsaturated/α-hetero) is 2. The van der Waals surface area contributed by atoms with Crippen LogP contribution in [0.4, 0.5) is 0 Å². The maximum absolute atomic E-state index is 14.3. The first-order valence-corrected chi connectivity index (χ1v) is 13.1. The zero-order valence-electron chi connectivity index (χ0n) is 24.1. The Morgan fingerprint density at radius 1 is 1.02 bits per heavy atom. The Kier molecular flexibility index (Phi) is 7.98. The molecule has 0 saturated carbocycles. The summed E-state index contributed by atoms with van der Waals surface area (Å²) in [5.41, 5.74) is -3.64. The number of esters is 2. The highest BCUT2D eigenvalue weighted by Crippen LogP contribution is 2.56. The lowest BCUT2D eigenvalue weighted by Crippen LogP contribution is -2.69. The number of rotatable bonds is 5. The number of hydrogen-bond acceptors (Lipinski definition) is 12. The number of nitrogens with zero attached hydrogens (tertiary/aromatic N) is 1. The van der Waals surface area contributed by atoms with Crippen LogP contribution in [0.1, 0.15) is 49.5 Å². The van der Waals surface area contributed by atoms with Crippen molar-refractivity contribution >= 4 is 35.3 Å². The Morgan fingerprint density at radius 3 is 2.17 bits per heavy atom. The first kappa shape index (κ1) is 30.8. The van der Waals surface area contributed by atoms with Gasteiger partial charge in [0, 0.05) is 32.3 Å². The van der Waals surface area contributed by atoms with Gasteiger partial charge in [0.2, 0.25) is 11.7 Å². The molecular formula is C29H32N2O11. The monoisotopic (exact) mass is 584 g/mol. The summed E-state index contributed by atoms with van der Waals surface area (Å²) in [5.74, 6) is -10.7. The van der Waals surface area contributed by atoms with E-state index in [1.54, 1.807) is 25.1 Å². The number of carbonyl (C=O) groups is 6. The van der Waals surface area contributed by atoms with E-state index in [9.17, 15) is 39.0 Å². The van der Waals surface area contributed by atoms with Crippen molar-refractivity contribution in [1.29, 1.82) is 0 Å². The number of imide groups is 1. The van der Waals surface area contributed by atoms with Gasteiger partial charge in [-0.2, -0.15) is 0 Å². The number of methoxy groups -OCH3 is 1. The van der Waals surface area contributed by atoms with Gasteiger partial charge in [-0.25, -0.2) is 0 Å². The van der Waals surface area contributed by atoms with Gasteiger partial charge in [-0.1, -0.05) is 19.1 Å². The summed E-state index contributed by atoms with van der Waals surface area (Å²) in [7, 11) is 4.32. The van der Waals surface area contributed by atoms with E-state index in [2.05, 4.69) is 0 Å². The van der Waals surface area contributed by atoms with E-state index < -0.39 is 87.9 Å². The zero-order valence-corrected chi connectivity index (χ0v) is 24.1. The van der Waals surface area contributed by atoms with Gasteiger partial charge in [0.25, 0.3) is 5.91 Å². The lowest BCUT2D eigenvalue weighted by Gasteiger charge is -2.54. The van der Waals surface area contributed by atoms with Crippen LogP contribution in [0.25, 0.3) is 0 Å². The van der Waals surface area contributed by atoms with Gasteiger partial charge in [-0.15, -0.1) is 0 Å². The van der Waals surface area contributed by atoms with Gasteiger partial charge >= 0.3 is 11.9 Å². The molecule has 1 aromatic carbocycles. The predicted molar refractivity (Wildman–Crippen MR) is 143 cm³/mol. The summed E-state index contributed by atoms with van der Waals surface area (Å²) >= 11 is 0. The highest BCUT2D eigenvalue weighted by Gasteiger charge is 2.68. The molecule has 224 valence electrons. The second kappa shape index (κ2) is 10.9. The molecule has 0 bridgehead atoms. The van der Waals surface area contributed by atoms with Crippen LogP contribution in [0.5, 0.6) is 5.75 Å². The molecule has 0 spiro atoms. The minimum absolute atomic E-state index is 0.0933. The van der Waals surface area contributed by atoms with Crippen LogP contribution in [0.15, 0.2) is 40.9 Å². The normalized spacial score (nSPS) is 28.5. The second-order valence-corrected chi connectivity index (χ2v) is 10.8. The van der Waals surface area contributed by atoms with Gasteiger partial charge < -0.3 is 24.4 Å². The lowest BCUT2D eigenvalue weighted by molar-refractivity contribution is -0.170. The molecule has 3 aliphatic rings. The molecule has 3 aliphatic carbocycles. The third kappa shape index (κ3) is 4.53. The molecule has 0 radical (unpaired) electrons. The highest BCUT2D eigenvalue weighted by molar-refractivity contribution is 6.27. The number of nitrogens with one attached hydrogen (secondary N) is 1. The maximum atomic E-state index is 14.3. The minimum Gasteiger partial charge on any atom is -0.496 e. The molecule has 3 N–H and O–H groups in total. The van der Waals surface area contributed by atoms with Crippen LogP contribution in [-0.4, -0.2) is 89.4 Å². The Labute approximate surface area is 241 Å². The van der Waals surface area contributed by atoms with E-state index in [0.29, 0.717) is 5.56 Å². The Hall–Kier alpha value is -4.20. The number of fused-ring (bicyclic) bond motifs is 3. The number of likely N-dealkylation sites (N-methyl/N-ethyl adjacent to an activating group) is 1. The molecule has 0 saturated heterocycles. The Morgan fingerprint density at radius 2 is 1.64 bits per heavy atom. The van der Waals surface area contributed by atoms with Crippen LogP contribution in [0.3, 0.4) is 0 Å². The molecule has 2 amide bonds. The van der Waals surface area contributed by atoms with Crippen molar-refractivity contribution in [2.24, 2.45) is 11.8 Å². The summed E-state index contributed by atoms with van der Waals surface area (Å²) in [4.78, 5) is 79.5. The molecule has 0 unspecified atom stereocenters. The third-order valence-electron chi connectivity index (χ3n) is 7.92. The number of aliphatic hydroxyl groups is 2. The summed E-state index contributed by atoms with van der Waals surface area (Å²) < 4.78 is 16.2. The molecule has 0 heterocycles. The average molecular weight is 585 g/mol. The quantitative estimate of drug-likeness (QED) is 0.315. The molecule has 13 nitrogen and oxygen atoms in total. The fourth-order valence-electron chi connectivity index (χ4n) is 6.44. The standard InChI is InChI=1S/C29H32N2O11/c1-11-15-9-8-10-16(40-7)18(15)23(35)19-17(11)24(36)21-22(31(5)6)25(41-13(3)33)20(28(38)30-12(2)32)26(37)29(21,39)27(19)42-14(4)34/h8-11,17,21-22,24,36,39H,1-7H3,(H,30,32,38)/t11-,17+,21+,22-,24-,29+/m0/s1. The smallest absolute Gasteiger partial charge is 0.307 e. The Balaban J connectivity index is 2.14. The number of amides is 2. The number of ether oxygens (including phenoxy) is 3. The average Bonchev–Trinajstić information content (AvgIpc) is 2.88. The number of carbonyl (C=O) groups excluding carboxylic acids is 6. The van der Waals surface area contributed by atoms with Gasteiger partial charge in [0.05, 0.1) is 30.7 Å². The highest BCUT2D eigenvalue weighted by atomic mass is 16.6. The fourth-order valence-corrected chi connectivity index (χ4v) is 6.44. The second-order valence-electron chi connectivity index (χ2n) is 10.8. The largest absolute Gasteiger partial charge is 0.496 e. The van der Waals surface area contributed by atoms with E-state index >= 15 is 0 Å². The van der Waals surface area contributed by atoms with Crippen LogP contribution < -0.4 is 10.1 Å². The van der Waals surface area contributed by atoms with Crippen molar-refractivity contribution < 1.29 is 53.2 Å². The van der Waals surface area contributed by atoms with E-state index in [1.807, 2.05) is 5.32 Å². The summed E-state index contributed by atoms with van der Waals surface area (Å²) in [6, 6.07) is 3.53. The fraction of sp³-hybridized carbons (Fsp3) is 0.448. The van der Waals surface area contributed by atoms with Gasteiger partial charge in [0.15, 0.2) is 17.1 Å². The number of benzene rings is 1. The molecule has 42 heavy (non-hydrogen) atoms. The summed E-state index contributed by atoms with van der Waals surface area (Å²) in [6.07, 6.45) is -1.68. The molecule has 1 aromatic rings. The van der Waals surface area contributed by atoms with Crippen molar-refractivity contribution in [2.75, 3.05) is 21.2 Å². The van der Waals surface area contributed by atoms with Crippen LogP contribution in [-0.2, 0) is 33.4 Å². The van der Waals surface area contributed by atoms with Crippen molar-refractivity contribution in [2.45, 2.75) is 51.4 Å².